The van der Waals surface area contributed by atoms with Crippen LogP contribution in [0.3, 0.4) is 0 Å². The number of hydrogen-bond donors (Lipinski definition) is 3. The third-order valence-corrected chi connectivity index (χ3v) is 2.02. The van der Waals surface area contributed by atoms with Gasteiger partial charge in [-0.3, -0.25) is 9.59 Å². The Morgan fingerprint density at radius 1 is 1.62 bits per heavy atom. The fourth-order valence-corrected chi connectivity index (χ4v) is 1.25. The number of hydrogen-bond acceptors (Lipinski definition) is 3. The quantitative estimate of drug-likeness (QED) is 0.465. The second-order valence-corrected chi connectivity index (χ2v) is 3.10. The first kappa shape index (κ1) is 9.98. The summed E-state index contributed by atoms with van der Waals surface area (Å²) in [5, 5.41) is 8.30. The van der Waals surface area contributed by atoms with Crippen LogP contribution in [-0.2, 0) is 9.59 Å². The molecular formula is C8H15N3O2. The molecule has 1 atom stereocenters. The van der Waals surface area contributed by atoms with E-state index in [0.717, 1.165) is 6.54 Å². The molecule has 1 heterocycles. The Morgan fingerprint density at radius 2 is 2.38 bits per heavy atom. The van der Waals surface area contributed by atoms with Crippen molar-refractivity contribution in [3.63, 3.8) is 0 Å². The number of nitrogens with one attached hydrogen (secondary N) is 3. The third-order valence-electron chi connectivity index (χ3n) is 2.02. The Kier molecular flexibility index (Phi) is 3.70. The van der Waals surface area contributed by atoms with Gasteiger partial charge in [-0.15, -0.1) is 0 Å². The fourth-order valence-electron chi connectivity index (χ4n) is 1.25. The minimum absolute atomic E-state index is 0.0335. The molecule has 0 spiro atoms. The smallest absolute Gasteiger partial charge is 0.225 e. The lowest BCUT2D eigenvalue weighted by Gasteiger charge is -2.08. The molecule has 5 nitrogen and oxygen atoms in total. The summed E-state index contributed by atoms with van der Waals surface area (Å²) in [6.07, 6.45) is 0.325. The number of amides is 2. The van der Waals surface area contributed by atoms with Gasteiger partial charge in [-0.25, -0.2) is 0 Å². The highest BCUT2D eigenvalue weighted by Gasteiger charge is 2.27. The SMILES string of the molecule is CNCCNC(=O)C1CNC(=O)C1. The first-order valence-corrected chi connectivity index (χ1v) is 4.43. The van der Waals surface area contributed by atoms with Gasteiger partial charge in [-0.1, -0.05) is 0 Å². The van der Waals surface area contributed by atoms with E-state index in [1.807, 2.05) is 7.05 Å². The maximum absolute atomic E-state index is 11.3. The van der Waals surface area contributed by atoms with Gasteiger partial charge < -0.3 is 16.0 Å². The van der Waals surface area contributed by atoms with E-state index >= 15 is 0 Å². The van der Waals surface area contributed by atoms with Gasteiger partial charge in [0.15, 0.2) is 0 Å². The Labute approximate surface area is 77.3 Å². The van der Waals surface area contributed by atoms with E-state index in [-0.39, 0.29) is 17.7 Å². The summed E-state index contributed by atoms with van der Waals surface area (Å²) in [5.41, 5.74) is 0. The number of carbonyl (C=O) groups is 2. The Balaban J connectivity index is 2.20. The first-order chi connectivity index (χ1) is 6.24. The fraction of sp³-hybridized carbons (Fsp3) is 0.750. The zero-order chi connectivity index (χ0) is 9.68. The molecule has 2 amide bonds. The molecule has 13 heavy (non-hydrogen) atoms. The van der Waals surface area contributed by atoms with Gasteiger partial charge in [0.1, 0.15) is 0 Å². The predicted molar refractivity (Wildman–Crippen MR) is 48.1 cm³/mol. The van der Waals surface area contributed by atoms with Crippen molar-refractivity contribution in [3.8, 4) is 0 Å². The van der Waals surface area contributed by atoms with Crippen molar-refractivity contribution in [2.75, 3.05) is 26.7 Å². The highest BCUT2D eigenvalue weighted by atomic mass is 16.2. The van der Waals surface area contributed by atoms with E-state index in [9.17, 15) is 9.59 Å². The topological polar surface area (TPSA) is 70.2 Å². The zero-order valence-electron chi connectivity index (χ0n) is 7.72. The summed E-state index contributed by atoms with van der Waals surface area (Å²) >= 11 is 0. The minimum atomic E-state index is -0.177. The standard InChI is InChI=1S/C8H15N3O2/c1-9-2-3-10-8(13)6-4-7(12)11-5-6/h6,9H,2-5H2,1H3,(H,10,13)(H,11,12). The first-order valence-electron chi connectivity index (χ1n) is 4.43. The van der Waals surface area contributed by atoms with Crippen LogP contribution in [0.15, 0.2) is 0 Å². The summed E-state index contributed by atoms with van der Waals surface area (Å²) in [4.78, 5) is 22.1. The van der Waals surface area contributed by atoms with Gasteiger partial charge in [-0.05, 0) is 7.05 Å². The van der Waals surface area contributed by atoms with Crippen LogP contribution in [0.1, 0.15) is 6.42 Å². The second-order valence-electron chi connectivity index (χ2n) is 3.10. The highest BCUT2D eigenvalue weighted by molar-refractivity contribution is 5.89. The monoisotopic (exact) mass is 185 g/mol. The van der Waals surface area contributed by atoms with Crippen LogP contribution < -0.4 is 16.0 Å². The number of likely N-dealkylation sites (N-methyl/N-ethyl adjacent to an activating group) is 1. The molecule has 1 saturated heterocycles. The molecule has 0 aromatic rings. The lowest BCUT2D eigenvalue weighted by molar-refractivity contribution is -0.126. The van der Waals surface area contributed by atoms with Crippen molar-refractivity contribution < 1.29 is 9.59 Å². The van der Waals surface area contributed by atoms with Gasteiger partial charge in [0.25, 0.3) is 0 Å². The molecule has 0 bridgehead atoms. The number of rotatable bonds is 4. The molecule has 1 rings (SSSR count). The zero-order valence-corrected chi connectivity index (χ0v) is 7.72. The minimum Gasteiger partial charge on any atom is -0.355 e. The molecule has 1 aliphatic rings. The molecule has 5 heteroatoms. The Hall–Kier alpha value is -1.10. The molecule has 1 fully saturated rings. The van der Waals surface area contributed by atoms with E-state index in [4.69, 9.17) is 0 Å². The lowest BCUT2D eigenvalue weighted by Crippen LogP contribution is -2.35. The van der Waals surface area contributed by atoms with Crippen LogP contribution in [0.5, 0.6) is 0 Å². The molecule has 3 N–H and O–H groups in total. The van der Waals surface area contributed by atoms with Crippen molar-refractivity contribution in [3.05, 3.63) is 0 Å². The van der Waals surface area contributed by atoms with E-state index in [0.29, 0.717) is 19.5 Å². The summed E-state index contributed by atoms with van der Waals surface area (Å²) in [6.45, 7) is 1.84. The predicted octanol–water partition coefficient (Wildman–Crippen LogP) is -1.54. The lowest BCUT2D eigenvalue weighted by atomic mass is 10.1. The largest absolute Gasteiger partial charge is 0.355 e. The molecule has 0 aromatic carbocycles. The van der Waals surface area contributed by atoms with Crippen LogP contribution in [0.25, 0.3) is 0 Å². The van der Waals surface area contributed by atoms with Crippen molar-refractivity contribution in [2.24, 2.45) is 5.92 Å². The van der Waals surface area contributed by atoms with Crippen LogP contribution in [0.2, 0.25) is 0 Å². The van der Waals surface area contributed by atoms with Gasteiger partial charge >= 0.3 is 0 Å². The third kappa shape index (κ3) is 3.02. The van der Waals surface area contributed by atoms with Crippen LogP contribution >= 0.6 is 0 Å². The summed E-state index contributed by atoms with van der Waals surface area (Å²) in [5.74, 6) is -0.244. The Bertz CT molecular complexity index is 206. The molecule has 0 aliphatic carbocycles. The molecule has 0 aromatic heterocycles. The molecule has 0 radical (unpaired) electrons. The molecular weight excluding hydrogens is 170 g/mol. The Morgan fingerprint density at radius 3 is 2.92 bits per heavy atom. The molecule has 74 valence electrons. The highest BCUT2D eigenvalue weighted by Crippen LogP contribution is 2.07. The van der Waals surface area contributed by atoms with Crippen molar-refractivity contribution >= 4 is 11.8 Å². The molecule has 0 saturated carbocycles. The van der Waals surface area contributed by atoms with Crippen molar-refractivity contribution in [1.82, 2.24) is 16.0 Å². The maximum atomic E-state index is 11.3. The normalized spacial score (nSPS) is 21.3. The van der Waals surface area contributed by atoms with Gasteiger partial charge in [0.05, 0.1) is 5.92 Å². The van der Waals surface area contributed by atoms with Gasteiger partial charge in [-0.2, -0.15) is 0 Å². The average molecular weight is 185 g/mol. The molecule has 1 aliphatic heterocycles. The maximum Gasteiger partial charge on any atom is 0.225 e. The van der Waals surface area contributed by atoms with E-state index in [2.05, 4.69) is 16.0 Å². The van der Waals surface area contributed by atoms with Crippen LogP contribution in [0.4, 0.5) is 0 Å². The summed E-state index contributed by atoms with van der Waals surface area (Å²) < 4.78 is 0. The van der Waals surface area contributed by atoms with E-state index < -0.39 is 0 Å². The molecule has 1 unspecified atom stereocenters. The van der Waals surface area contributed by atoms with Crippen molar-refractivity contribution in [1.29, 1.82) is 0 Å². The summed E-state index contributed by atoms with van der Waals surface area (Å²) in [6, 6.07) is 0. The van der Waals surface area contributed by atoms with Gasteiger partial charge in [0, 0.05) is 26.1 Å². The van der Waals surface area contributed by atoms with Crippen molar-refractivity contribution in [2.45, 2.75) is 6.42 Å². The second kappa shape index (κ2) is 4.81. The van der Waals surface area contributed by atoms with Crippen LogP contribution in [0, 0.1) is 5.92 Å². The van der Waals surface area contributed by atoms with E-state index in [1.165, 1.54) is 0 Å². The average Bonchev–Trinajstić information content (AvgIpc) is 2.52. The van der Waals surface area contributed by atoms with E-state index in [1.54, 1.807) is 0 Å². The van der Waals surface area contributed by atoms with Gasteiger partial charge in [0.2, 0.25) is 11.8 Å². The number of carbonyl (C=O) groups excluding carboxylic acids is 2. The summed E-state index contributed by atoms with van der Waals surface area (Å²) in [7, 11) is 1.83. The van der Waals surface area contributed by atoms with Crippen LogP contribution in [-0.4, -0.2) is 38.5 Å².